The number of hydrogen-bond donors (Lipinski definition) is 2. The topological polar surface area (TPSA) is 99.2 Å². The van der Waals surface area contributed by atoms with E-state index in [9.17, 15) is 14.7 Å². The first kappa shape index (κ1) is 17.9. The molecule has 0 bridgehead atoms. The highest BCUT2D eigenvalue weighted by molar-refractivity contribution is 5.95. The zero-order valence-corrected chi connectivity index (χ0v) is 15.4. The minimum absolute atomic E-state index is 0.141. The lowest BCUT2D eigenvalue weighted by Crippen LogP contribution is -2.30. The first-order valence-corrected chi connectivity index (χ1v) is 9.09. The van der Waals surface area contributed by atoms with Gasteiger partial charge in [-0.2, -0.15) is 0 Å². The van der Waals surface area contributed by atoms with E-state index in [4.69, 9.17) is 0 Å². The second-order valence-electron chi connectivity index (χ2n) is 6.94. The smallest absolute Gasteiger partial charge is 0.309 e. The summed E-state index contributed by atoms with van der Waals surface area (Å²) in [6, 6.07) is 15.0. The minimum Gasteiger partial charge on any atom is -0.481 e. The molecule has 1 aliphatic rings. The Morgan fingerprint density at radius 1 is 1.11 bits per heavy atom. The predicted octanol–water partition coefficient (Wildman–Crippen LogP) is 2.72. The zero-order valence-electron chi connectivity index (χ0n) is 15.4. The first-order chi connectivity index (χ1) is 13.5. The molecule has 1 amide bonds. The van der Waals surface area contributed by atoms with Gasteiger partial charge in [-0.3, -0.25) is 14.6 Å². The van der Waals surface area contributed by atoms with E-state index in [1.807, 2.05) is 42.5 Å². The van der Waals surface area contributed by atoms with E-state index in [0.29, 0.717) is 29.5 Å². The van der Waals surface area contributed by atoms with Gasteiger partial charge in [0.2, 0.25) is 0 Å². The van der Waals surface area contributed by atoms with Gasteiger partial charge in [-0.25, -0.2) is 4.98 Å². The Hall–Kier alpha value is -3.48. The fourth-order valence-electron chi connectivity index (χ4n) is 3.67. The van der Waals surface area contributed by atoms with Gasteiger partial charge >= 0.3 is 5.97 Å². The van der Waals surface area contributed by atoms with E-state index in [-0.39, 0.29) is 18.4 Å². The van der Waals surface area contributed by atoms with Gasteiger partial charge in [0.25, 0.3) is 5.91 Å². The molecule has 142 valence electrons. The summed E-state index contributed by atoms with van der Waals surface area (Å²) in [5, 5.41) is 9.63. The zero-order chi connectivity index (χ0) is 19.7. The average Bonchev–Trinajstić information content (AvgIpc) is 3.33. The van der Waals surface area contributed by atoms with Crippen molar-refractivity contribution in [2.45, 2.75) is 12.8 Å². The van der Waals surface area contributed by atoms with Crippen molar-refractivity contribution in [1.29, 1.82) is 0 Å². The van der Waals surface area contributed by atoms with Crippen LogP contribution in [0.2, 0.25) is 0 Å². The quantitative estimate of drug-likeness (QED) is 0.729. The normalized spacial score (nSPS) is 19.0. The number of carboxylic acid groups (broad SMARTS) is 1. The van der Waals surface area contributed by atoms with Crippen molar-refractivity contribution in [3.63, 3.8) is 0 Å². The van der Waals surface area contributed by atoms with Crippen LogP contribution < -0.4 is 0 Å². The van der Waals surface area contributed by atoms with Crippen molar-refractivity contribution in [2.24, 2.45) is 5.92 Å². The van der Waals surface area contributed by atoms with Crippen LogP contribution in [0.3, 0.4) is 0 Å². The second kappa shape index (κ2) is 7.26. The summed E-state index contributed by atoms with van der Waals surface area (Å²) in [4.78, 5) is 38.3. The van der Waals surface area contributed by atoms with Crippen LogP contribution in [0.4, 0.5) is 0 Å². The summed E-state index contributed by atoms with van der Waals surface area (Å²) in [6.07, 6.45) is 1.64. The molecule has 1 aliphatic heterocycles. The summed E-state index contributed by atoms with van der Waals surface area (Å²) in [6.45, 7) is 2.25. The van der Waals surface area contributed by atoms with Gasteiger partial charge in [0.1, 0.15) is 11.5 Å². The second-order valence-corrected chi connectivity index (χ2v) is 6.94. The van der Waals surface area contributed by atoms with E-state index in [1.54, 1.807) is 24.1 Å². The molecule has 0 saturated carbocycles. The monoisotopic (exact) mass is 376 g/mol. The number of pyridine rings is 1. The highest BCUT2D eigenvalue weighted by Crippen LogP contribution is 2.33. The molecule has 0 unspecified atom stereocenters. The van der Waals surface area contributed by atoms with Gasteiger partial charge in [0.15, 0.2) is 0 Å². The Bertz CT molecular complexity index is 1000. The number of nitrogens with zero attached hydrogens (tertiary/aromatic N) is 3. The van der Waals surface area contributed by atoms with Crippen molar-refractivity contribution >= 4 is 11.9 Å². The summed E-state index contributed by atoms with van der Waals surface area (Å²) < 4.78 is 0. The molecule has 7 nitrogen and oxygen atoms in total. The molecule has 3 aromatic rings. The van der Waals surface area contributed by atoms with Crippen molar-refractivity contribution < 1.29 is 14.7 Å². The van der Waals surface area contributed by atoms with E-state index >= 15 is 0 Å². The van der Waals surface area contributed by atoms with Crippen molar-refractivity contribution in [3.8, 4) is 11.4 Å². The summed E-state index contributed by atoms with van der Waals surface area (Å²) in [5.74, 6) is -1.59. The number of likely N-dealkylation sites (tertiary alicyclic amines) is 1. The van der Waals surface area contributed by atoms with Gasteiger partial charge < -0.3 is 15.0 Å². The number of carboxylic acids is 1. The van der Waals surface area contributed by atoms with Gasteiger partial charge in [0.05, 0.1) is 5.92 Å². The van der Waals surface area contributed by atoms with E-state index in [1.165, 1.54) is 0 Å². The maximum absolute atomic E-state index is 13.1. The lowest BCUT2D eigenvalue weighted by Gasteiger charge is -2.15. The fraction of sp³-hybridized carbons (Fsp3) is 0.238. The van der Waals surface area contributed by atoms with E-state index in [2.05, 4.69) is 15.0 Å². The van der Waals surface area contributed by atoms with Crippen LogP contribution in [0.5, 0.6) is 0 Å². The van der Waals surface area contributed by atoms with Crippen LogP contribution in [-0.2, 0) is 4.79 Å². The number of H-pyrrole nitrogens is 1. The third-order valence-corrected chi connectivity index (χ3v) is 5.13. The summed E-state index contributed by atoms with van der Waals surface area (Å²) >= 11 is 0. The fourth-order valence-corrected chi connectivity index (χ4v) is 3.67. The number of aromatic nitrogens is 3. The number of aryl methyl sites for hydroxylation is 1. The SMILES string of the molecule is Cc1[nH]c(-c2ccccc2)nc1C(=O)N1C[C@@H](C(=O)O)[C@H](c2ccccn2)C1. The Morgan fingerprint density at radius 3 is 2.54 bits per heavy atom. The molecule has 4 rings (SSSR count). The van der Waals surface area contributed by atoms with Crippen molar-refractivity contribution in [3.05, 3.63) is 71.8 Å². The molecule has 0 spiro atoms. The standard InChI is InChI=1S/C21H20N4O3/c1-13-18(24-19(23-13)14-7-3-2-4-8-14)20(26)25-11-15(16(12-25)21(27)28)17-9-5-6-10-22-17/h2-10,15-16H,11-12H2,1H3,(H,23,24)(H,27,28)/t15-,16-/m1/s1. The molecular weight excluding hydrogens is 356 g/mol. The molecular formula is C21H20N4O3. The summed E-state index contributed by atoms with van der Waals surface area (Å²) in [5.41, 5.74) is 2.57. The first-order valence-electron chi connectivity index (χ1n) is 9.09. The third-order valence-electron chi connectivity index (χ3n) is 5.13. The summed E-state index contributed by atoms with van der Waals surface area (Å²) in [7, 11) is 0. The van der Waals surface area contributed by atoms with Crippen LogP contribution in [0, 0.1) is 12.8 Å². The van der Waals surface area contributed by atoms with E-state index < -0.39 is 11.9 Å². The van der Waals surface area contributed by atoms with Gasteiger partial charge in [0, 0.05) is 42.2 Å². The molecule has 2 atom stereocenters. The maximum atomic E-state index is 13.1. The average molecular weight is 376 g/mol. The van der Waals surface area contributed by atoms with Gasteiger partial charge in [-0.1, -0.05) is 36.4 Å². The van der Waals surface area contributed by atoms with Gasteiger partial charge in [-0.05, 0) is 19.1 Å². The lowest BCUT2D eigenvalue weighted by molar-refractivity contribution is -0.141. The number of hydrogen-bond acceptors (Lipinski definition) is 4. The van der Waals surface area contributed by atoms with Crippen LogP contribution in [0.15, 0.2) is 54.7 Å². The number of rotatable bonds is 4. The van der Waals surface area contributed by atoms with E-state index in [0.717, 1.165) is 5.56 Å². The Labute approximate surface area is 162 Å². The Balaban J connectivity index is 1.60. The van der Waals surface area contributed by atoms with Gasteiger partial charge in [-0.15, -0.1) is 0 Å². The highest BCUT2D eigenvalue weighted by Gasteiger charge is 2.42. The van der Waals surface area contributed by atoms with Crippen molar-refractivity contribution in [1.82, 2.24) is 19.9 Å². The number of carbonyl (C=O) groups is 2. The number of nitrogens with one attached hydrogen (secondary N) is 1. The molecule has 3 heterocycles. The Morgan fingerprint density at radius 2 is 1.86 bits per heavy atom. The van der Waals surface area contributed by atoms with Crippen LogP contribution >= 0.6 is 0 Å². The molecule has 2 N–H and O–H groups in total. The molecule has 0 radical (unpaired) electrons. The number of aromatic amines is 1. The molecule has 1 aromatic carbocycles. The lowest BCUT2D eigenvalue weighted by atomic mass is 9.93. The molecule has 7 heteroatoms. The molecule has 1 saturated heterocycles. The number of amides is 1. The number of benzene rings is 1. The largest absolute Gasteiger partial charge is 0.481 e. The number of imidazole rings is 1. The highest BCUT2D eigenvalue weighted by atomic mass is 16.4. The van der Waals surface area contributed by atoms with Crippen LogP contribution in [-0.4, -0.2) is 49.9 Å². The maximum Gasteiger partial charge on any atom is 0.309 e. The molecule has 28 heavy (non-hydrogen) atoms. The third kappa shape index (κ3) is 3.26. The Kier molecular flexibility index (Phi) is 4.65. The van der Waals surface area contributed by atoms with Crippen LogP contribution in [0.25, 0.3) is 11.4 Å². The molecule has 0 aliphatic carbocycles. The van der Waals surface area contributed by atoms with Crippen molar-refractivity contribution in [2.75, 3.05) is 13.1 Å². The molecule has 2 aromatic heterocycles. The minimum atomic E-state index is -0.922. The van der Waals surface area contributed by atoms with Crippen LogP contribution in [0.1, 0.15) is 27.8 Å². The molecule has 1 fully saturated rings. The number of carbonyl (C=O) groups excluding carboxylic acids is 1. The predicted molar refractivity (Wildman–Crippen MR) is 103 cm³/mol. The number of aliphatic carboxylic acids is 1.